The number of hydrogen-bond acceptors (Lipinski definition) is 1. The molecule has 0 saturated carbocycles. The summed E-state index contributed by atoms with van der Waals surface area (Å²) in [6.07, 6.45) is 18.0. The standard InChI is InChI=1S/C33H36.C12H14.C9H10Cl2.C6H18NSi2.CH5B2N.CH4.Li/c1-5-8-10-27-12-16-29(17-13-27)20-22-31-24-25-32(33(7-3)26(31)4)23-21-30-18-14-28(15-19-30)11-9-6-2;1-3-5-6-12-9-7-11(4-2)8-10-12;1-3-7-6(2)8(10)4-5-9(7)11;1-8(2,3)7-9(4,5)6;1-3(2)4;;/h12-19,24-25H,5-11H2,1-4H3;2,7-10H,3,5-6H2,1H3;4-5H,3H2,1-2H3;1-6H3;4H2,1H3;1H4;/q;;;-1;;;+1. The number of unbranched alkanes of at least 4 members (excludes halogenated alkanes) is 3. The van der Waals surface area contributed by atoms with Crippen molar-refractivity contribution in [2.45, 2.75) is 173 Å². The molecule has 5 aromatic rings. The van der Waals surface area contributed by atoms with Crippen molar-refractivity contribution in [3.8, 4) is 36.0 Å². The van der Waals surface area contributed by atoms with E-state index in [4.69, 9.17) is 47.7 Å². The first kappa shape index (κ1) is 69.5. The molecule has 0 aliphatic heterocycles. The fourth-order valence-electron chi connectivity index (χ4n) is 7.30. The van der Waals surface area contributed by atoms with Crippen molar-refractivity contribution in [3.05, 3.63) is 179 Å². The molecular weight excluding hydrogens is 928 g/mol. The molecule has 2 N–H and O–H groups in total. The predicted octanol–water partition coefficient (Wildman–Crippen LogP) is 14.8. The summed E-state index contributed by atoms with van der Waals surface area (Å²) in [5, 5.41) is 1.61. The Morgan fingerprint density at radius 2 is 0.873 bits per heavy atom. The first-order valence-electron chi connectivity index (χ1n) is 25.2. The Morgan fingerprint density at radius 1 is 0.535 bits per heavy atom. The molecule has 0 amide bonds. The van der Waals surface area contributed by atoms with E-state index in [1.165, 1.54) is 72.8 Å². The molecular formula is C62H87B2Cl2LiN2Si2. The fraction of sp³-hybridized carbons (Fsp3) is 0.419. The average Bonchev–Trinajstić information content (AvgIpc) is 3.30. The van der Waals surface area contributed by atoms with Crippen LogP contribution < -0.4 is 24.5 Å². The summed E-state index contributed by atoms with van der Waals surface area (Å²) in [4.78, 5) is 0. The topological polar surface area (TPSA) is 40.1 Å². The maximum Gasteiger partial charge on any atom is 1.00 e. The monoisotopic (exact) mass is 1010 g/mol. The van der Waals surface area contributed by atoms with Gasteiger partial charge in [-0.1, -0.05) is 213 Å². The van der Waals surface area contributed by atoms with Gasteiger partial charge in [-0.15, -0.1) is 6.42 Å². The van der Waals surface area contributed by atoms with E-state index in [1.54, 1.807) is 6.82 Å². The SMILES string of the molecule is C.C#Cc1ccc(CCCC)cc1.CCCCc1ccc(C#Cc2ccc(C#Cc3ccc(CCCC)cc3)c(CC)c2C)cc1.CCc1c(Cl)ccc(Cl)c1C.C[Si](C)(C)[N-][Si](C)(C)C.[B]B(C)N.[Li+]. The summed E-state index contributed by atoms with van der Waals surface area (Å²) in [5.74, 6) is 16.1. The number of rotatable bonds is 13. The Hall–Kier alpha value is -3.56. The molecule has 5 aromatic carbocycles. The van der Waals surface area contributed by atoms with Crippen LogP contribution in [0.3, 0.4) is 0 Å². The zero-order valence-corrected chi connectivity index (χ0v) is 49.5. The van der Waals surface area contributed by atoms with Gasteiger partial charge in [0.2, 0.25) is 0 Å². The van der Waals surface area contributed by atoms with Gasteiger partial charge in [-0.3, -0.25) is 0 Å². The average molecular weight is 1020 g/mol. The minimum atomic E-state index is -1.11. The van der Waals surface area contributed by atoms with Gasteiger partial charge in [-0.05, 0) is 165 Å². The van der Waals surface area contributed by atoms with E-state index in [0.717, 1.165) is 74.7 Å². The van der Waals surface area contributed by atoms with Crippen LogP contribution in [0, 0.1) is 49.9 Å². The largest absolute Gasteiger partial charge is 1.00 e. The first-order chi connectivity index (χ1) is 32.6. The number of terminal acetylenes is 1. The summed E-state index contributed by atoms with van der Waals surface area (Å²) in [7, 11) is 2.68. The normalized spacial score (nSPS) is 10.0. The summed E-state index contributed by atoms with van der Waals surface area (Å²) in [6, 6.07) is 33.6. The molecule has 0 aliphatic rings. The zero-order valence-electron chi connectivity index (χ0n) is 46.0. The van der Waals surface area contributed by atoms with Gasteiger partial charge in [0.25, 0.3) is 0 Å². The third kappa shape index (κ3) is 30.9. The van der Waals surface area contributed by atoms with E-state index >= 15 is 0 Å². The molecule has 2 nitrogen and oxygen atoms in total. The molecule has 0 atom stereocenters. The van der Waals surface area contributed by atoms with Crippen molar-refractivity contribution < 1.29 is 18.9 Å². The third-order valence-corrected chi connectivity index (χ3v) is 16.8. The number of nitrogens with two attached hydrogens (primary N) is 1. The van der Waals surface area contributed by atoms with E-state index in [9.17, 15) is 0 Å². The van der Waals surface area contributed by atoms with Crippen molar-refractivity contribution in [2.24, 2.45) is 5.64 Å². The van der Waals surface area contributed by atoms with Crippen LogP contribution in [0.2, 0.25) is 56.2 Å². The second-order valence-corrected chi connectivity index (χ2v) is 29.9. The Kier molecular flexibility index (Phi) is 37.3. The maximum absolute atomic E-state index is 5.94. The van der Waals surface area contributed by atoms with Crippen LogP contribution >= 0.6 is 23.2 Å². The molecule has 0 bridgehead atoms. The molecule has 0 heterocycles. The zero-order chi connectivity index (χ0) is 52.0. The number of benzene rings is 5. The Bertz CT molecular complexity index is 2400. The minimum absolute atomic E-state index is 0. The van der Waals surface area contributed by atoms with Gasteiger partial charge in [0.15, 0.2) is 6.74 Å². The quantitative estimate of drug-likeness (QED) is 0.0927. The molecule has 0 unspecified atom stereocenters. The molecule has 2 radical (unpaired) electrons. The Labute approximate surface area is 462 Å². The molecule has 0 fully saturated rings. The van der Waals surface area contributed by atoms with Crippen molar-refractivity contribution in [1.29, 1.82) is 0 Å². The van der Waals surface area contributed by atoms with Crippen LogP contribution in [-0.4, -0.2) is 30.9 Å². The van der Waals surface area contributed by atoms with Crippen molar-refractivity contribution >= 4 is 54.1 Å². The first-order valence-corrected chi connectivity index (χ1v) is 32.8. The third-order valence-electron chi connectivity index (χ3n) is 10.6. The second-order valence-electron chi connectivity index (χ2n) is 19.5. The molecule has 9 heteroatoms. The summed E-state index contributed by atoms with van der Waals surface area (Å²) in [6.45, 7) is 30.4. The van der Waals surface area contributed by atoms with Gasteiger partial charge in [0, 0.05) is 45.6 Å². The van der Waals surface area contributed by atoms with E-state index in [0.29, 0.717) is 0 Å². The van der Waals surface area contributed by atoms with Gasteiger partial charge >= 0.3 is 18.9 Å². The number of nitrogens with zero attached hydrogens (tertiary/aromatic N) is 1. The maximum atomic E-state index is 5.94. The molecule has 0 spiro atoms. The van der Waals surface area contributed by atoms with E-state index in [-0.39, 0.29) is 33.0 Å². The van der Waals surface area contributed by atoms with Crippen LogP contribution in [-0.2, 0) is 32.1 Å². The van der Waals surface area contributed by atoms with Crippen LogP contribution in [0.1, 0.15) is 147 Å². The molecule has 71 heavy (non-hydrogen) atoms. The van der Waals surface area contributed by atoms with Crippen molar-refractivity contribution in [3.63, 3.8) is 0 Å². The minimum Gasteiger partial charge on any atom is -0.668 e. The van der Waals surface area contributed by atoms with E-state index in [1.807, 2.05) is 31.2 Å². The molecule has 5 rings (SSSR count). The fourth-order valence-corrected chi connectivity index (χ4v) is 15.9. The summed E-state index contributed by atoms with van der Waals surface area (Å²) in [5.41, 5.74) is 19.2. The van der Waals surface area contributed by atoms with Crippen LogP contribution in [0.5, 0.6) is 0 Å². The molecule has 0 aromatic heterocycles. The van der Waals surface area contributed by atoms with Gasteiger partial charge in [-0.25, -0.2) is 0 Å². The van der Waals surface area contributed by atoms with Gasteiger partial charge in [-0.2, -0.15) is 0 Å². The van der Waals surface area contributed by atoms with Gasteiger partial charge in [0.05, 0.1) is 0 Å². The van der Waals surface area contributed by atoms with Gasteiger partial charge < -0.3 is 10.3 Å². The van der Waals surface area contributed by atoms with Gasteiger partial charge in [0.1, 0.15) is 0 Å². The van der Waals surface area contributed by atoms with Crippen LogP contribution in [0.4, 0.5) is 0 Å². The van der Waals surface area contributed by atoms with E-state index in [2.05, 4.69) is 183 Å². The van der Waals surface area contributed by atoms with Crippen molar-refractivity contribution in [2.75, 3.05) is 0 Å². The van der Waals surface area contributed by atoms with E-state index < -0.39 is 16.5 Å². The smallest absolute Gasteiger partial charge is 0.668 e. The molecule has 0 aliphatic carbocycles. The second kappa shape index (κ2) is 38.1. The molecule has 0 saturated heterocycles. The Morgan fingerprint density at radius 3 is 1.18 bits per heavy atom. The Balaban J connectivity index is 0. The summed E-state index contributed by atoms with van der Waals surface area (Å²) >= 11 is 11.8. The number of aryl methyl sites for hydroxylation is 3. The molecule has 374 valence electrons. The van der Waals surface area contributed by atoms with Crippen LogP contribution in [0.25, 0.3) is 4.65 Å². The predicted molar refractivity (Wildman–Crippen MR) is 325 cm³/mol. The van der Waals surface area contributed by atoms with Crippen LogP contribution in [0.15, 0.2) is 97.1 Å². The van der Waals surface area contributed by atoms with Crippen molar-refractivity contribution in [1.82, 2.24) is 0 Å². The summed E-state index contributed by atoms with van der Waals surface area (Å²) < 4.78 is 4.82. The number of halogens is 2. The number of hydrogen-bond donors (Lipinski definition) is 1.